The van der Waals surface area contributed by atoms with Gasteiger partial charge in [-0.05, 0) is 12.8 Å². The summed E-state index contributed by atoms with van der Waals surface area (Å²) in [5.41, 5.74) is 0. The number of nitrogens with one attached hydrogen (secondary N) is 1. The summed E-state index contributed by atoms with van der Waals surface area (Å²) in [5, 5.41) is 55.1. The van der Waals surface area contributed by atoms with Gasteiger partial charge in [0.1, 0.15) is 24.4 Å². The monoisotopic (exact) mass is 1260 g/mol. The Morgan fingerprint density at radius 1 is 0.337 bits per heavy atom. The van der Waals surface area contributed by atoms with Gasteiger partial charge in [0.2, 0.25) is 5.91 Å². The Labute approximate surface area is 554 Å². The Morgan fingerprint density at radius 3 is 0.798 bits per heavy atom. The van der Waals surface area contributed by atoms with Gasteiger partial charge in [0.25, 0.3) is 0 Å². The predicted octanol–water partition coefficient (Wildman–Crippen LogP) is 23.2. The van der Waals surface area contributed by atoms with Crippen LogP contribution in [-0.4, -0.2) is 87.5 Å². The highest BCUT2D eigenvalue weighted by Crippen LogP contribution is 2.25. The maximum Gasteiger partial charge on any atom is 0.220 e. The lowest BCUT2D eigenvalue weighted by atomic mass is 9.99. The standard InChI is InChI=1S/C80H159NO8/c1-3-5-7-9-11-13-15-17-19-21-23-25-27-29-31-33-34-35-36-37-38-39-40-41-42-44-46-48-50-52-54-56-58-60-62-64-66-68-70-76(84)81-73(72-88-80-79(87)78(86)77(85)75(71-82)89-80)74(83)69-67-65-63-61-59-57-55-53-51-49-47-45-43-32-30-28-26-24-22-20-18-16-14-12-10-8-6-4-2/h73-75,77-80,82-83,85-87H,3-72H2,1-2H3,(H,81,84). The number of unbranched alkanes of at least 4 members (excludes halogenated alkanes) is 64. The normalized spacial score (nSPS) is 17.7. The second-order valence-corrected chi connectivity index (χ2v) is 28.9. The molecule has 532 valence electrons. The number of aliphatic hydroxyl groups is 5. The molecule has 7 atom stereocenters. The van der Waals surface area contributed by atoms with Gasteiger partial charge < -0.3 is 40.3 Å². The van der Waals surface area contributed by atoms with Crippen LogP contribution in [0.15, 0.2) is 0 Å². The second-order valence-electron chi connectivity index (χ2n) is 28.9. The largest absolute Gasteiger partial charge is 0.394 e. The molecule has 9 nitrogen and oxygen atoms in total. The van der Waals surface area contributed by atoms with Gasteiger partial charge in [-0.1, -0.05) is 431 Å². The summed E-state index contributed by atoms with van der Waals surface area (Å²) in [7, 11) is 0. The molecule has 6 N–H and O–H groups in total. The van der Waals surface area contributed by atoms with Crippen molar-refractivity contribution in [2.45, 2.75) is 493 Å². The van der Waals surface area contributed by atoms with E-state index in [4.69, 9.17) is 9.47 Å². The van der Waals surface area contributed by atoms with Crippen molar-refractivity contribution in [3.63, 3.8) is 0 Å². The first kappa shape index (κ1) is 86.2. The quantitative estimate of drug-likeness (QED) is 0.0330. The molecule has 1 aliphatic heterocycles. The van der Waals surface area contributed by atoms with Crippen LogP contribution in [0.2, 0.25) is 0 Å². The number of ether oxygens (including phenoxy) is 2. The summed E-state index contributed by atoms with van der Waals surface area (Å²) in [6.07, 6.45) is 83.7. The maximum absolute atomic E-state index is 13.2. The molecule has 1 amide bonds. The first-order valence-electron chi connectivity index (χ1n) is 40.7. The fraction of sp³-hybridized carbons (Fsp3) is 0.988. The fourth-order valence-corrected chi connectivity index (χ4v) is 13.9. The molecule has 7 unspecified atom stereocenters. The Bertz CT molecular complexity index is 1370. The second kappa shape index (κ2) is 70.0. The first-order chi connectivity index (χ1) is 43.8. The van der Waals surface area contributed by atoms with Crippen molar-refractivity contribution < 1.29 is 39.8 Å². The van der Waals surface area contributed by atoms with Crippen LogP contribution in [0.5, 0.6) is 0 Å². The van der Waals surface area contributed by atoms with Gasteiger partial charge in [-0.25, -0.2) is 0 Å². The van der Waals surface area contributed by atoms with Gasteiger partial charge in [0, 0.05) is 6.42 Å². The van der Waals surface area contributed by atoms with E-state index in [0.29, 0.717) is 12.8 Å². The van der Waals surface area contributed by atoms with Crippen molar-refractivity contribution in [3.8, 4) is 0 Å². The third kappa shape index (κ3) is 58.3. The van der Waals surface area contributed by atoms with Crippen LogP contribution in [0, 0.1) is 0 Å². The number of amides is 1. The summed E-state index contributed by atoms with van der Waals surface area (Å²) in [6, 6.07) is -0.716. The summed E-state index contributed by atoms with van der Waals surface area (Å²) in [4.78, 5) is 13.2. The van der Waals surface area contributed by atoms with E-state index >= 15 is 0 Å². The molecule has 89 heavy (non-hydrogen) atoms. The molecule has 0 saturated carbocycles. The summed E-state index contributed by atoms with van der Waals surface area (Å²) >= 11 is 0. The molecule has 1 fully saturated rings. The highest BCUT2D eigenvalue weighted by atomic mass is 16.7. The lowest BCUT2D eigenvalue weighted by Crippen LogP contribution is -2.60. The van der Waals surface area contributed by atoms with Crippen molar-refractivity contribution in [2.75, 3.05) is 13.2 Å². The van der Waals surface area contributed by atoms with Crippen LogP contribution in [0.1, 0.15) is 450 Å². The Hall–Kier alpha value is -0.810. The average Bonchev–Trinajstić information content (AvgIpc) is 2.29. The van der Waals surface area contributed by atoms with E-state index in [-0.39, 0.29) is 12.5 Å². The fourth-order valence-electron chi connectivity index (χ4n) is 13.9. The predicted molar refractivity (Wildman–Crippen MR) is 383 cm³/mol. The minimum Gasteiger partial charge on any atom is -0.394 e. The van der Waals surface area contributed by atoms with E-state index in [9.17, 15) is 30.3 Å². The van der Waals surface area contributed by atoms with Crippen LogP contribution in [-0.2, 0) is 14.3 Å². The smallest absolute Gasteiger partial charge is 0.220 e. The molecule has 0 aliphatic carbocycles. The highest BCUT2D eigenvalue weighted by Gasteiger charge is 2.44. The van der Waals surface area contributed by atoms with E-state index in [1.165, 1.54) is 385 Å². The molecule has 1 aliphatic rings. The molecular formula is C80H159NO8. The summed E-state index contributed by atoms with van der Waals surface area (Å²) < 4.78 is 11.4. The molecular weight excluding hydrogens is 1100 g/mol. The lowest BCUT2D eigenvalue weighted by molar-refractivity contribution is -0.302. The van der Waals surface area contributed by atoms with Gasteiger partial charge in [0.15, 0.2) is 6.29 Å². The van der Waals surface area contributed by atoms with Gasteiger partial charge in [-0.3, -0.25) is 4.79 Å². The minimum atomic E-state index is -1.55. The molecule has 1 rings (SSSR count). The minimum absolute atomic E-state index is 0.130. The SMILES string of the molecule is CCCCCCCCCCCCCCCCCCCCCCCCCCCCCCCCCCCCCCCCC(=O)NC(COC1OC(CO)C(O)C(O)C1O)C(O)CCCCCCCCCCCCCCCCCCCCCCCCCCCCCC. The average molecular weight is 1260 g/mol. The van der Waals surface area contributed by atoms with Crippen LogP contribution in [0.4, 0.5) is 0 Å². The lowest BCUT2D eigenvalue weighted by Gasteiger charge is -2.40. The molecule has 1 saturated heterocycles. The van der Waals surface area contributed by atoms with Gasteiger partial charge in [0.05, 0.1) is 25.4 Å². The molecule has 0 radical (unpaired) electrons. The zero-order valence-electron chi connectivity index (χ0n) is 60.0. The number of carbonyl (C=O) groups excluding carboxylic acids is 1. The van der Waals surface area contributed by atoms with E-state index in [2.05, 4.69) is 19.2 Å². The molecule has 0 aromatic carbocycles. The first-order valence-corrected chi connectivity index (χ1v) is 40.7. The van der Waals surface area contributed by atoms with Crippen molar-refractivity contribution in [3.05, 3.63) is 0 Å². The van der Waals surface area contributed by atoms with Crippen molar-refractivity contribution in [2.24, 2.45) is 0 Å². The Morgan fingerprint density at radius 2 is 0.562 bits per heavy atom. The van der Waals surface area contributed by atoms with Crippen LogP contribution >= 0.6 is 0 Å². The molecule has 0 spiro atoms. The Kier molecular flexibility index (Phi) is 67.8. The number of hydrogen-bond donors (Lipinski definition) is 6. The number of hydrogen-bond acceptors (Lipinski definition) is 8. The van der Waals surface area contributed by atoms with Crippen molar-refractivity contribution in [1.29, 1.82) is 0 Å². The van der Waals surface area contributed by atoms with Crippen LogP contribution < -0.4 is 5.32 Å². The van der Waals surface area contributed by atoms with Crippen molar-refractivity contribution in [1.82, 2.24) is 5.32 Å². The molecule has 0 aromatic rings. The number of rotatable bonds is 74. The van der Waals surface area contributed by atoms with Crippen molar-refractivity contribution >= 4 is 5.91 Å². The molecule has 1 heterocycles. The van der Waals surface area contributed by atoms with Crippen LogP contribution in [0.3, 0.4) is 0 Å². The van der Waals surface area contributed by atoms with Gasteiger partial charge in [-0.15, -0.1) is 0 Å². The molecule has 0 aromatic heterocycles. The Balaban J connectivity index is 2.02. The van der Waals surface area contributed by atoms with E-state index in [1.54, 1.807) is 0 Å². The van der Waals surface area contributed by atoms with Crippen LogP contribution in [0.25, 0.3) is 0 Å². The number of aliphatic hydroxyl groups excluding tert-OH is 5. The molecule has 9 heteroatoms. The zero-order chi connectivity index (χ0) is 64.2. The maximum atomic E-state index is 13.2. The molecule has 0 bridgehead atoms. The van der Waals surface area contributed by atoms with E-state index in [1.807, 2.05) is 0 Å². The topological polar surface area (TPSA) is 149 Å². The summed E-state index contributed by atoms with van der Waals surface area (Å²) in [6.45, 7) is 3.92. The van der Waals surface area contributed by atoms with E-state index < -0.39 is 49.5 Å². The third-order valence-electron chi connectivity index (χ3n) is 20.2. The zero-order valence-corrected chi connectivity index (χ0v) is 60.0. The van der Waals surface area contributed by atoms with Gasteiger partial charge in [-0.2, -0.15) is 0 Å². The summed E-state index contributed by atoms with van der Waals surface area (Å²) in [5.74, 6) is -0.131. The highest BCUT2D eigenvalue weighted by molar-refractivity contribution is 5.76. The third-order valence-corrected chi connectivity index (χ3v) is 20.2. The van der Waals surface area contributed by atoms with Gasteiger partial charge >= 0.3 is 0 Å². The van der Waals surface area contributed by atoms with E-state index in [0.717, 1.165) is 38.5 Å². The number of carbonyl (C=O) groups is 1.